The summed E-state index contributed by atoms with van der Waals surface area (Å²) in [5, 5.41) is 1.10. The highest BCUT2D eigenvalue weighted by molar-refractivity contribution is 5.91. The maximum Gasteiger partial charge on any atom is 0.228 e. The number of amides is 2. The number of aromatic amines is 1. The Balaban J connectivity index is 1.45. The van der Waals surface area contributed by atoms with Crippen LogP contribution in [0, 0.1) is 5.92 Å². The van der Waals surface area contributed by atoms with Crippen LogP contribution in [0.3, 0.4) is 0 Å². The number of H-pyrrole nitrogens is 1. The zero-order valence-electron chi connectivity index (χ0n) is 17.2. The van der Waals surface area contributed by atoms with Crippen molar-refractivity contribution in [2.75, 3.05) is 20.7 Å². The molecular weight excluding hydrogens is 378 g/mol. The van der Waals surface area contributed by atoms with Crippen molar-refractivity contribution in [3.8, 4) is 5.75 Å². The van der Waals surface area contributed by atoms with Crippen molar-refractivity contribution in [2.24, 2.45) is 5.92 Å². The van der Waals surface area contributed by atoms with Gasteiger partial charge in [-0.2, -0.15) is 0 Å². The minimum absolute atomic E-state index is 0.0248. The first kappa shape index (κ1) is 18.7. The van der Waals surface area contributed by atoms with Gasteiger partial charge in [0.2, 0.25) is 11.8 Å². The second-order valence-electron chi connectivity index (χ2n) is 8.17. The maximum atomic E-state index is 13.6. The van der Waals surface area contributed by atoms with Gasteiger partial charge in [0, 0.05) is 55.1 Å². The highest BCUT2D eigenvalue weighted by Gasteiger charge is 2.44. The zero-order chi connectivity index (χ0) is 20.8. The Morgan fingerprint density at radius 2 is 1.97 bits per heavy atom. The summed E-state index contributed by atoms with van der Waals surface area (Å²) in [6.45, 7) is 1.21. The van der Waals surface area contributed by atoms with Crippen molar-refractivity contribution in [3.63, 3.8) is 0 Å². The molecule has 0 bridgehead atoms. The predicted molar refractivity (Wildman–Crippen MR) is 114 cm³/mol. The van der Waals surface area contributed by atoms with Crippen LogP contribution < -0.4 is 4.74 Å². The fourth-order valence-corrected chi connectivity index (χ4v) is 4.94. The molecule has 154 valence electrons. The molecule has 5 rings (SSSR count). The zero-order valence-corrected chi connectivity index (χ0v) is 17.2. The molecular formula is C24H25N3O3. The van der Waals surface area contributed by atoms with E-state index in [2.05, 4.69) is 4.98 Å². The Hall–Kier alpha value is -3.28. The van der Waals surface area contributed by atoms with E-state index >= 15 is 0 Å². The van der Waals surface area contributed by atoms with Crippen molar-refractivity contribution >= 4 is 22.7 Å². The fraction of sp³-hybridized carbons (Fsp3) is 0.333. The van der Waals surface area contributed by atoms with Crippen LogP contribution in [0.4, 0.5) is 0 Å². The lowest BCUT2D eigenvalue weighted by atomic mass is 9.91. The number of hydrogen-bond acceptors (Lipinski definition) is 3. The number of hydrogen-bond donors (Lipinski definition) is 1. The molecule has 2 aliphatic heterocycles. The van der Waals surface area contributed by atoms with Gasteiger partial charge in [-0.3, -0.25) is 9.59 Å². The van der Waals surface area contributed by atoms with Crippen molar-refractivity contribution in [2.45, 2.75) is 25.4 Å². The van der Waals surface area contributed by atoms with Crippen LogP contribution in [0.15, 0.2) is 48.5 Å². The first-order valence-electron chi connectivity index (χ1n) is 10.3. The Morgan fingerprint density at radius 1 is 1.17 bits per heavy atom. The van der Waals surface area contributed by atoms with Crippen molar-refractivity contribution in [1.29, 1.82) is 0 Å². The SMILES string of the molecule is COc1ccc2[nH]c3c(c2c1)CN(C(=O)[C@H]1CC(=O)N(C)[C@@H]1c1ccccc1)CC3. The number of fused-ring (bicyclic) bond motifs is 3. The van der Waals surface area contributed by atoms with Crippen LogP contribution in [0.5, 0.6) is 5.75 Å². The van der Waals surface area contributed by atoms with Crippen LogP contribution in [-0.4, -0.2) is 47.3 Å². The third kappa shape index (κ3) is 2.95. The molecule has 2 aliphatic rings. The minimum Gasteiger partial charge on any atom is -0.497 e. The number of rotatable bonds is 3. The van der Waals surface area contributed by atoms with Gasteiger partial charge in [0.25, 0.3) is 0 Å². The van der Waals surface area contributed by atoms with Crippen LogP contribution in [0.2, 0.25) is 0 Å². The summed E-state index contributed by atoms with van der Waals surface area (Å²) in [6.07, 6.45) is 1.05. The largest absolute Gasteiger partial charge is 0.497 e. The standard InChI is InChI=1S/C24H25N3O3/c1-26-22(28)13-18(23(26)15-6-4-3-5-7-15)24(29)27-11-10-21-19(14-27)17-12-16(30-2)8-9-20(17)25-21/h3-9,12,18,23,25H,10-11,13-14H2,1-2H3/t18-,23+/m0/s1. The second kappa shape index (κ2) is 7.20. The van der Waals surface area contributed by atoms with Gasteiger partial charge >= 0.3 is 0 Å². The van der Waals surface area contributed by atoms with Gasteiger partial charge in [0.1, 0.15) is 5.75 Å². The quantitative estimate of drug-likeness (QED) is 0.730. The lowest BCUT2D eigenvalue weighted by molar-refractivity contribution is -0.137. The van der Waals surface area contributed by atoms with E-state index in [0.717, 1.165) is 34.2 Å². The molecule has 2 aromatic carbocycles. The monoisotopic (exact) mass is 403 g/mol. The molecule has 0 spiro atoms. The number of carbonyl (C=O) groups excluding carboxylic acids is 2. The van der Waals surface area contributed by atoms with Gasteiger partial charge in [-0.15, -0.1) is 0 Å². The Labute approximate surface area is 175 Å². The summed E-state index contributed by atoms with van der Waals surface area (Å²) in [5.74, 6) is 0.535. The first-order chi connectivity index (χ1) is 14.6. The molecule has 2 atom stereocenters. The number of likely N-dealkylation sites (tertiary alicyclic amines) is 1. The summed E-state index contributed by atoms with van der Waals surface area (Å²) >= 11 is 0. The minimum atomic E-state index is -0.355. The molecule has 1 fully saturated rings. The van der Waals surface area contributed by atoms with Gasteiger partial charge in [0.05, 0.1) is 19.1 Å². The van der Waals surface area contributed by atoms with E-state index in [4.69, 9.17) is 4.74 Å². The van der Waals surface area contributed by atoms with Crippen molar-refractivity contribution in [1.82, 2.24) is 14.8 Å². The van der Waals surface area contributed by atoms with E-state index in [9.17, 15) is 9.59 Å². The molecule has 3 heterocycles. The molecule has 1 saturated heterocycles. The Bertz CT molecular complexity index is 1120. The van der Waals surface area contributed by atoms with Crippen LogP contribution >= 0.6 is 0 Å². The number of benzene rings is 2. The lowest BCUT2D eigenvalue weighted by Gasteiger charge is -2.32. The normalized spacial score (nSPS) is 21.2. The molecule has 6 heteroatoms. The maximum absolute atomic E-state index is 13.6. The lowest BCUT2D eigenvalue weighted by Crippen LogP contribution is -2.41. The summed E-state index contributed by atoms with van der Waals surface area (Å²) in [6, 6.07) is 15.6. The molecule has 2 amide bonds. The molecule has 3 aromatic rings. The average molecular weight is 403 g/mol. The number of aromatic nitrogens is 1. The summed E-state index contributed by atoms with van der Waals surface area (Å²) in [4.78, 5) is 33.2. The number of nitrogens with zero attached hydrogens (tertiary/aromatic N) is 2. The molecule has 6 nitrogen and oxygen atoms in total. The Kier molecular flexibility index (Phi) is 4.50. The molecule has 30 heavy (non-hydrogen) atoms. The van der Waals surface area contributed by atoms with Gasteiger partial charge in [-0.25, -0.2) is 0 Å². The average Bonchev–Trinajstić information content (AvgIpc) is 3.29. The number of methoxy groups -OCH3 is 1. The first-order valence-corrected chi connectivity index (χ1v) is 10.3. The van der Waals surface area contributed by atoms with Crippen molar-refractivity contribution < 1.29 is 14.3 Å². The molecule has 0 radical (unpaired) electrons. The Morgan fingerprint density at radius 3 is 2.73 bits per heavy atom. The van der Waals surface area contributed by atoms with Gasteiger partial charge in [-0.1, -0.05) is 30.3 Å². The van der Waals surface area contributed by atoms with E-state index in [0.29, 0.717) is 13.1 Å². The highest BCUT2D eigenvalue weighted by Crippen LogP contribution is 2.39. The summed E-state index contributed by atoms with van der Waals surface area (Å²) in [5.41, 5.74) is 4.41. The van der Waals surface area contributed by atoms with Crippen molar-refractivity contribution in [3.05, 3.63) is 65.4 Å². The van der Waals surface area contributed by atoms with E-state index in [1.807, 2.05) is 53.4 Å². The molecule has 0 unspecified atom stereocenters. The molecule has 1 aromatic heterocycles. The highest BCUT2D eigenvalue weighted by atomic mass is 16.5. The van der Waals surface area contributed by atoms with Crippen LogP contribution in [0.1, 0.15) is 29.3 Å². The number of carbonyl (C=O) groups is 2. The smallest absolute Gasteiger partial charge is 0.228 e. The predicted octanol–water partition coefficient (Wildman–Crippen LogP) is 3.28. The van der Waals surface area contributed by atoms with Gasteiger partial charge in [-0.05, 0) is 23.8 Å². The van der Waals surface area contributed by atoms with E-state index in [1.165, 1.54) is 5.69 Å². The van der Waals surface area contributed by atoms with Crippen LogP contribution in [-0.2, 0) is 22.6 Å². The number of ether oxygens (including phenoxy) is 1. The van der Waals surface area contributed by atoms with Crippen LogP contribution in [0.25, 0.3) is 10.9 Å². The third-order valence-electron chi connectivity index (χ3n) is 6.54. The van der Waals surface area contributed by atoms with E-state index < -0.39 is 0 Å². The number of nitrogens with one attached hydrogen (secondary N) is 1. The summed E-state index contributed by atoms with van der Waals surface area (Å²) in [7, 11) is 3.46. The van der Waals surface area contributed by atoms with Gasteiger partial charge < -0.3 is 19.5 Å². The molecule has 1 N–H and O–H groups in total. The third-order valence-corrected chi connectivity index (χ3v) is 6.54. The van der Waals surface area contributed by atoms with E-state index in [1.54, 1.807) is 19.1 Å². The summed E-state index contributed by atoms with van der Waals surface area (Å²) < 4.78 is 5.39. The van der Waals surface area contributed by atoms with Gasteiger partial charge in [0.15, 0.2) is 0 Å². The topological polar surface area (TPSA) is 65.6 Å². The molecule has 0 aliphatic carbocycles. The molecule has 0 saturated carbocycles. The van der Waals surface area contributed by atoms with E-state index in [-0.39, 0.29) is 30.2 Å². The fourth-order valence-electron chi connectivity index (χ4n) is 4.94. The second-order valence-corrected chi connectivity index (χ2v) is 8.17.